The van der Waals surface area contributed by atoms with E-state index in [0.717, 1.165) is 55.0 Å². The van der Waals surface area contributed by atoms with Gasteiger partial charge in [-0.1, -0.05) is 18.5 Å². The van der Waals surface area contributed by atoms with Gasteiger partial charge in [0.15, 0.2) is 0 Å². The number of ketones is 1. The predicted octanol–water partition coefficient (Wildman–Crippen LogP) is 3.05. The third kappa shape index (κ3) is 3.77. The van der Waals surface area contributed by atoms with Crippen molar-refractivity contribution in [1.29, 1.82) is 0 Å². The highest BCUT2D eigenvalue weighted by atomic mass is 35.5. The molecule has 5 heteroatoms. The van der Waals surface area contributed by atoms with Crippen molar-refractivity contribution in [3.8, 4) is 0 Å². The molecule has 1 aliphatic rings. The molecule has 2 aromatic rings. The molecule has 0 aliphatic carbocycles. The number of rotatable bonds is 5. The maximum absolute atomic E-state index is 12.6. The van der Waals surface area contributed by atoms with E-state index in [0.29, 0.717) is 11.4 Å². The van der Waals surface area contributed by atoms with E-state index in [2.05, 4.69) is 10.2 Å². The summed E-state index contributed by atoms with van der Waals surface area (Å²) in [4.78, 5) is 14.9. The number of aryl methyl sites for hydroxylation is 1. The second-order valence-corrected chi connectivity index (χ2v) is 6.82. The Labute approximate surface area is 141 Å². The molecule has 1 unspecified atom stereocenters. The normalized spacial score (nSPS) is 17.5. The summed E-state index contributed by atoms with van der Waals surface area (Å²) in [6, 6.07) is 5.57. The fraction of sp³-hybridized carbons (Fsp3) is 0.500. The zero-order valence-corrected chi connectivity index (χ0v) is 14.4. The standard InChI is InChI=1S/C18H23ClN2O2/c1-12(11-21-7-5-20-6-8-21)16(22)10-18-13(2)15-9-14(19)3-4-17(15)23-18/h3-4,9,12,20H,5-8,10-11H2,1-2H3. The van der Waals surface area contributed by atoms with Crippen LogP contribution in [0.2, 0.25) is 5.02 Å². The molecule has 2 heterocycles. The topological polar surface area (TPSA) is 45.5 Å². The number of Topliss-reactive ketones (excluding diaryl/α,β-unsaturated/α-hetero) is 1. The van der Waals surface area contributed by atoms with Gasteiger partial charge in [-0.2, -0.15) is 0 Å². The Morgan fingerprint density at radius 2 is 2.13 bits per heavy atom. The summed E-state index contributed by atoms with van der Waals surface area (Å²) in [5.74, 6) is 1.01. The van der Waals surface area contributed by atoms with Gasteiger partial charge < -0.3 is 14.6 Å². The highest BCUT2D eigenvalue weighted by molar-refractivity contribution is 6.31. The van der Waals surface area contributed by atoms with Crippen molar-refractivity contribution >= 4 is 28.4 Å². The number of hydrogen-bond acceptors (Lipinski definition) is 4. The molecule has 1 aromatic heterocycles. The van der Waals surface area contributed by atoms with Gasteiger partial charge >= 0.3 is 0 Å². The molecule has 124 valence electrons. The molecular formula is C18H23ClN2O2. The average molecular weight is 335 g/mol. The lowest BCUT2D eigenvalue weighted by atomic mass is 10.00. The third-order valence-electron chi connectivity index (χ3n) is 4.62. The van der Waals surface area contributed by atoms with E-state index in [1.54, 1.807) is 0 Å². The van der Waals surface area contributed by atoms with Gasteiger partial charge in [-0.25, -0.2) is 0 Å². The van der Waals surface area contributed by atoms with Crippen LogP contribution in [0, 0.1) is 12.8 Å². The average Bonchev–Trinajstić information content (AvgIpc) is 2.84. The minimum atomic E-state index is 0.0179. The summed E-state index contributed by atoms with van der Waals surface area (Å²) in [6.45, 7) is 8.87. The molecule has 0 bridgehead atoms. The highest BCUT2D eigenvalue weighted by Gasteiger charge is 2.21. The van der Waals surface area contributed by atoms with Gasteiger partial charge in [0.1, 0.15) is 17.1 Å². The number of hydrogen-bond donors (Lipinski definition) is 1. The van der Waals surface area contributed by atoms with Crippen LogP contribution in [-0.2, 0) is 11.2 Å². The number of fused-ring (bicyclic) bond motifs is 1. The Morgan fingerprint density at radius 1 is 1.39 bits per heavy atom. The van der Waals surface area contributed by atoms with Crippen LogP contribution in [0.3, 0.4) is 0 Å². The molecule has 1 aromatic carbocycles. The number of furan rings is 1. The second-order valence-electron chi connectivity index (χ2n) is 6.39. The molecule has 0 amide bonds. The Morgan fingerprint density at radius 3 is 2.87 bits per heavy atom. The molecule has 1 N–H and O–H groups in total. The van der Waals surface area contributed by atoms with Gasteiger partial charge in [-0.15, -0.1) is 0 Å². The van der Waals surface area contributed by atoms with E-state index in [1.807, 2.05) is 32.0 Å². The van der Waals surface area contributed by atoms with Gasteiger partial charge in [0.2, 0.25) is 0 Å². The number of piperazine rings is 1. The molecule has 0 spiro atoms. The summed E-state index contributed by atoms with van der Waals surface area (Å²) in [6.07, 6.45) is 0.353. The maximum atomic E-state index is 12.6. The molecular weight excluding hydrogens is 312 g/mol. The number of carbonyl (C=O) groups excluding carboxylic acids is 1. The first-order chi connectivity index (χ1) is 11.0. The highest BCUT2D eigenvalue weighted by Crippen LogP contribution is 2.28. The van der Waals surface area contributed by atoms with E-state index in [4.69, 9.17) is 16.0 Å². The van der Waals surface area contributed by atoms with Gasteiger partial charge in [-0.05, 0) is 30.7 Å². The zero-order valence-electron chi connectivity index (χ0n) is 13.7. The van der Waals surface area contributed by atoms with Crippen LogP contribution in [0.4, 0.5) is 0 Å². The molecule has 0 radical (unpaired) electrons. The van der Waals surface area contributed by atoms with Crippen molar-refractivity contribution in [2.24, 2.45) is 5.92 Å². The zero-order chi connectivity index (χ0) is 16.4. The van der Waals surface area contributed by atoms with Crippen LogP contribution in [0.25, 0.3) is 11.0 Å². The number of nitrogens with one attached hydrogen (secondary N) is 1. The largest absolute Gasteiger partial charge is 0.460 e. The summed E-state index contributed by atoms with van der Waals surface area (Å²) >= 11 is 6.05. The number of benzene rings is 1. The minimum absolute atomic E-state index is 0.0179. The van der Waals surface area contributed by atoms with Crippen LogP contribution in [0.1, 0.15) is 18.2 Å². The number of carbonyl (C=O) groups is 1. The maximum Gasteiger partial charge on any atom is 0.144 e. The summed E-state index contributed by atoms with van der Waals surface area (Å²) in [5.41, 5.74) is 1.81. The predicted molar refractivity (Wildman–Crippen MR) is 93.1 cm³/mol. The second kappa shape index (κ2) is 7.04. The molecule has 23 heavy (non-hydrogen) atoms. The smallest absolute Gasteiger partial charge is 0.144 e. The lowest BCUT2D eigenvalue weighted by Crippen LogP contribution is -2.45. The quantitative estimate of drug-likeness (QED) is 0.913. The van der Waals surface area contributed by atoms with E-state index >= 15 is 0 Å². The molecule has 1 fully saturated rings. The Kier molecular flexibility index (Phi) is 5.05. The van der Waals surface area contributed by atoms with Gasteiger partial charge in [0, 0.05) is 49.1 Å². The van der Waals surface area contributed by atoms with Crippen molar-refractivity contribution in [2.75, 3.05) is 32.7 Å². The molecule has 3 rings (SSSR count). The minimum Gasteiger partial charge on any atom is -0.460 e. The third-order valence-corrected chi connectivity index (χ3v) is 4.86. The van der Waals surface area contributed by atoms with Crippen molar-refractivity contribution in [2.45, 2.75) is 20.3 Å². The lowest BCUT2D eigenvalue weighted by molar-refractivity contribution is -0.122. The molecule has 1 atom stereocenters. The van der Waals surface area contributed by atoms with Crippen LogP contribution in [-0.4, -0.2) is 43.4 Å². The van der Waals surface area contributed by atoms with Gasteiger partial charge in [0.25, 0.3) is 0 Å². The van der Waals surface area contributed by atoms with Crippen molar-refractivity contribution in [3.63, 3.8) is 0 Å². The van der Waals surface area contributed by atoms with Crippen LogP contribution in [0.15, 0.2) is 22.6 Å². The van der Waals surface area contributed by atoms with E-state index < -0.39 is 0 Å². The van der Waals surface area contributed by atoms with Gasteiger partial charge in [0.05, 0.1) is 6.42 Å². The summed E-state index contributed by atoms with van der Waals surface area (Å²) in [5, 5.41) is 5.01. The van der Waals surface area contributed by atoms with Gasteiger partial charge in [-0.3, -0.25) is 4.79 Å². The van der Waals surface area contributed by atoms with Crippen molar-refractivity contribution in [1.82, 2.24) is 10.2 Å². The lowest BCUT2D eigenvalue weighted by Gasteiger charge is -2.29. The fourth-order valence-electron chi connectivity index (χ4n) is 3.13. The fourth-order valence-corrected chi connectivity index (χ4v) is 3.30. The van der Waals surface area contributed by atoms with Crippen LogP contribution >= 0.6 is 11.6 Å². The molecule has 0 saturated carbocycles. The monoisotopic (exact) mass is 334 g/mol. The van der Waals surface area contributed by atoms with Crippen LogP contribution in [0.5, 0.6) is 0 Å². The van der Waals surface area contributed by atoms with E-state index in [1.165, 1.54) is 0 Å². The van der Waals surface area contributed by atoms with E-state index in [9.17, 15) is 4.79 Å². The first-order valence-corrected chi connectivity index (χ1v) is 8.55. The Hall–Kier alpha value is -1.36. The summed E-state index contributed by atoms with van der Waals surface area (Å²) in [7, 11) is 0. The van der Waals surface area contributed by atoms with Crippen molar-refractivity contribution in [3.05, 3.63) is 34.5 Å². The molecule has 1 aliphatic heterocycles. The Balaban J connectivity index is 1.68. The van der Waals surface area contributed by atoms with Crippen molar-refractivity contribution < 1.29 is 9.21 Å². The first-order valence-electron chi connectivity index (χ1n) is 8.18. The van der Waals surface area contributed by atoms with Crippen LogP contribution < -0.4 is 5.32 Å². The Bertz CT molecular complexity index is 704. The SMILES string of the molecule is Cc1c(CC(=O)C(C)CN2CCNCC2)oc2ccc(Cl)cc12. The number of halogens is 1. The number of nitrogens with zero attached hydrogens (tertiary/aromatic N) is 1. The van der Waals surface area contributed by atoms with E-state index in [-0.39, 0.29) is 11.7 Å². The molecule has 4 nitrogen and oxygen atoms in total. The molecule has 1 saturated heterocycles. The summed E-state index contributed by atoms with van der Waals surface area (Å²) < 4.78 is 5.86. The first kappa shape index (κ1) is 16.5.